The second kappa shape index (κ2) is 6.81. The van der Waals surface area contributed by atoms with Gasteiger partial charge in [0.1, 0.15) is 5.75 Å². The molecular formula is C22H28N2O. The fourth-order valence-electron chi connectivity index (χ4n) is 4.89. The molecule has 0 spiro atoms. The van der Waals surface area contributed by atoms with Crippen LogP contribution in [0.25, 0.3) is 0 Å². The first kappa shape index (κ1) is 16.6. The van der Waals surface area contributed by atoms with E-state index in [9.17, 15) is 0 Å². The van der Waals surface area contributed by atoms with Crippen molar-refractivity contribution in [3.05, 3.63) is 65.2 Å². The quantitative estimate of drug-likeness (QED) is 0.846. The van der Waals surface area contributed by atoms with E-state index >= 15 is 0 Å². The van der Waals surface area contributed by atoms with Gasteiger partial charge in [-0.1, -0.05) is 36.4 Å². The summed E-state index contributed by atoms with van der Waals surface area (Å²) in [5.41, 5.74) is 4.28. The largest absolute Gasteiger partial charge is 0.497 e. The maximum atomic E-state index is 5.37. The monoisotopic (exact) mass is 336 g/mol. The summed E-state index contributed by atoms with van der Waals surface area (Å²) >= 11 is 0. The Bertz CT molecular complexity index is 744. The highest BCUT2D eigenvalue weighted by Crippen LogP contribution is 2.45. The molecule has 25 heavy (non-hydrogen) atoms. The number of aryl methyl sites for hydroxylation is 1. The van der Waals surface area contributed by atoms with E-state index in [0.29, 0.717) is 6.04 Å². The minimum atomic E-state index is 0.557. The van der Waals surface area contributed by atoms with Crippen LogP contribution in [0.5, 0.6) is 5.75 Å². The van der Waals surface area contributed by atoms with E-state index in [-0.39, 0.29) is 0 Å². The lowest BCUT2D eigenvalue weighted by molar-refractivity contribution is 0.224. The van der Waals surface area contributed by atoms with Gasteiger partial charge < -0.3 is 4.74 Å². The van der Waals surface area contributed by atoms with Crippen LogP contribution in [0.3, 0.4) is 0 Å². The van der Waals surface area contributed by atoms with Gasteiger partial charge in [-0.3, -0.25) is 9.80 Å². The Kier molecular flexibility index (Phi) is 4.53. The van der Waals surface area contributed by atoms with Gasteiger partial charge in [-0.2, -0.15) is 0 Å². The summed E-state index contributed by atoms with van der Waals surface area (Å²) in [4.78, 5) is 5.20. The van der Waals surface area contributed by atoms with Crippen LogP contribution in [0, 0.1) is 18.8 Å². The van der Waals surface area contributed by atoms with Crippen LogP contribution in [-0.2, 0) is 6.54 Å². The van der Waals surface area contributed by atoms with Crippen LogP contribution < -0.4 is 4.74 Å². The number of methoxy groups -OCH3 is 1. The van der Waals surface area contributed by atoms with Crippen molar-refractivity contribution in [3.63, 3.8) is 0 Å². The molecule has 0 N–H and O–H groups in total. The Morgan fingerprint density at radius 3 is 2.68 bits per heavy atom. The molecule has 0 radical (unpaired) electrons. The van der Waals surface area contributed by atoms with E-state index in [2.05, 4.69) is 66.2 Å². The van der Waals surface area contributed by atoms with Crippen molar-refractivity contribution in [2.24, 2.45) is 11.8 Å². The van der Waals surface area contributed by atoms with Crippen LogP contribution in [0.2, 0.25) is 0 Å². The van der Waals surface area contributed by atoms with Crippen molar-refractivity contribution in [3.8, 4) is 5.75 Å². The van der Waals surface area contributed by atoms with Gasteiger partial charge in [0, 0.05) is 32.2 Å². The summed E-state index contributed by atoms with van der Waals surface area (Å²) in [6.07, 6.45) is 0. The standard InChI is InChI=1S/C22H28N2O/c1-16-7-4-5-10-20(16)22-21-15-24(14-18(21)13-23(22)2)12-17-8-6-9-19(11-17)25-3/h4-11,18,21-22H,12-15H2,1-3H3/t18-,21+,22+/m0/s1. The number of benzene rings is 2. The Balaban J connectivity index is 1.50. The highest BCUT2D eigenvalue weighted by atomic mass is 16.5. The number of likely N-dealkylation sites (tertiary alicyclic amines) is 2. The number of rotatable bonds is 4. The number of hydrogen-bond acceptors (Lipinski definition) is 3. The Morgan fingerprint density at radius 2 is 1.88 bits per heavy atom. The molecular weight excluding hydrogens is 308 g/mol. The first-order valence-corrected chi connectivity index (χ1v) is 9.27. The minimum Gasteiger partial charge on any atom is -0.497 e. The molecule has 4 rings (SSSR count). The SMILES string of the molecule is COc1cccc(CN2C[C@@H]3CN(C)[C@H](c4ccccc4C)[C@@H]3C2)c1. The highest BCUT2D eigenvalue weighted by molar-refractivity contribution is 5.31. The Morgan fingerprint density at radius 1 is 1.04 bits per heavy atom. The zero-order chi connectivity index (χ0) is 17.4. The molecule has 2 aromatic carbocycles. The number of ether oxygens (including phenoxy) is 1. The average molecular weight is 336 g/mol. The third kappa shape index (κ3) is 3.19. The van der Waals surface area contributed by atoms with Crippen molar-refractivity contribution in [1.29, 1.82) is 0 Å². The fourth-order valence-corrected chi connectivity index (χ4v) is 4.89. The van der Waals surface area contributed by atoms with Gasteiger partial charge in [0.2, 0.25) is 0 Å². The van der Waals surface area contributed by atoms with Gasteiger partial charge in [0.15, 0.2) is 0 Å². The lowest BCUT2D eigenvalue weighted by Crippen LogP contribution is -2.29. The molecule has 0 saturated carbocycles. The van der Waals surface area contributed by atoms with Gasteiger partial charge in [-0.25, -0.2) is 0 Å². The van der Waals surface area contributed by atoms with Crippen molar-refractivity contribution in [2.75, 3.05) is 33.8 Å². The molecule has 2 heterocycles. The average Bonchev–Trinajstić information content (AvgIpc) is 3.11. The van der Waals surface area contributed by atoms with Crippen LogP contribution in [0.4, 0.5) is 0 Å². The molecule has 2 fully saturated rings. The summed E-state index contributed by atoms with van der Waals surface area (Å²) in [7, 11) is 4.03. The van der Waals surface area contributed by atoms with E-state index in [1.165, 1.54) is 36.3 Å². The molecule has 0 bridgehead atoms. The Hall–Kier alpha value is -1.84. The van der Waals surface area contributed by atoms with E-state index in [1.807, 2.05) is 6.07 Å². The van der Waals surface area contributed by atoms with Gasteiger partial charge in [-0.05, 0) is 54.6 Å². The van der Waals surface area contributed by atoms with Crippen molar-refractivity contribution < 1.29 is 4.74 Å². The molecule has 2 aliphatic rings. The smallest absolute Gasteiger partial charge is 0.119 e. The molecule has 0 aliphatic carbocycles. The first-order valence-electron chi connectivity index (χ1n) is 9.27. The maximum Gasteiger partial charge on any atom is 0.119 e. The predicted molar refractivity (Wildman–Crippen MR) is 102 cm³/mol. The topological polar surface area (TPSA) is 15.7 Å². The normalized spacial score (nSPS) is 26.8. The molecule has 3 atom stereocenters. The fraction of sp³-hybridized carbons (Fsp3) is 0.455. The third-order valence-corrected chi connectivity index (χ3v) is 6.02. The number of hydrogen-bond donors (Lipinski definition) is 0. The van der Waals surface area contributed by atoms with Crippen LogP contribution >= 0.6 is 0 Å². The summed E-state index contributed by atoms with van der Waals surface area (Å²) < 4.78 is 5.37. The predicted octanol–water partition coefficient (Wildman–Crippen LogP) is 3.74. The van der Waals surface area contributed by atoms with Crippen LogP contribution in [0.1, 0.15) is 22.7 Å². The second-order valence-electron chi connectivity index (χ2n) is 7.71. The zero-order valence-electron chi connectivity index (χ0n) is 15.5. The molecule has 0 unspecified atom stereocenters. The zero-order valence-corrected chi connectivity index (χ0v) is 15.5. The minimum absolute atomic E-state index is 0.557. The van der Waals surface area contributed by atoms with Gasteiger partial charge >= 0.3 is 0 Å². The number of fused-ring (bicyclic) bond motifs is 1. The summed E-state index contributed by atoms with van der Waals surface area (Å²) in [5, 5.41) is 0. The highest BCUT2D eigenvalue weighted by Gasteiger charge is 2.46. The molecule has 0 aromatic heterocycles. The van der Waals surface area contributed by atoms with Crippen LogP contribution in [0.15, 0.2) is 48.5 Å². The summed E-state index contributed by atoms with van der Waals surface area (Å²) in [5.74, 6) is 2.46. The van der Waals surface area contributed by atoms with E-state index in [1.54, 1.807) is 7.11 Å². The van der Waals surface area contributed by atoms with E-state index < -0.39 is 0 Å². The van der Waals surface area contributed by atoms with Gasteiger partial charge in [0.05, 0.1) is 7.11 Å². The molecule has 2 saturated heterocycles. The molecule has 3 heteroatoms. The number of nitrogens with zero attached hydrogens (tertiary/aromatic N) is 2. The van der Waals surface area contributed by atoms with Crippen molar-refractivity contribution in [2.45, 2.75) is 19.5 Å². The molecule has 2 aliphatic heterocycles. The van der Waals surface area contributed by atoms with E-state index in [0.717, 1.165) is 24.1 Å². The molecule has 0 amide bonds. The van der Waals surface area contributed by atoms with Gasteiger partial charge in [0.25, 0.3) is 0 Å². The van der Waals surface area contributed by atoms with Crippen LogP contribution in [-0.4, -0.2) is 43.6 Å². The lowest BCUT2D eigenvalue weighted by atomic mass is 9.88. The Labute approximate surface area is 151 Å². The summed E-state index contributed by atoms with van der Waals surface area (Å²) in [6.45, 7) is 6.87. The van der Waals surface area contributed by atoms with Crippen molar-refractivity contribution in [1.82, 2.24) is 9.80 Å². The maximum absolute atomic E-state index is 5.37. The molecule has 3 nitrogen and oxygen atoms in total. The third-order valence-electron chi connectivity index (χ3n) is 6.02. The van der Waals surface area contributed by atoms with Gasteiger partial charge in [-0.15, -0.1) is 0 Å². The molecule has 132 valence electrons. The summed E-state index contributed by atoms with van der Waals surface area (Å²) in [6, 6.07) is 18.0. The van der Waals surface area contributed by atoms with Crippen molar-refractivity contribution >= 4 is 0 Å². The first-order chi connectivity index (χ1) is 12.2. The van der Waals surface area contributed by atoms with E-state index in [4.69, 9.17) is 4.74 Å². The molecule has 2 aromatic rings. The second-order valence-corrected chi connectivity index (χ2v) is 7.71. The lowest BCUT2D eigenvalue weighted by Gasteiger charge is -2.28.